The predicted octanol–water partition coefficient (Wildman–Crippen LogP) is 2.92. The number of rotatable bonds is 2. The molecule has 1 aliphatic rings. The lowest BCUT2D eigenvalue weighted by atomic mass is 9.92. The van der Waals surface area contributed by atoms with Crippen LogP contribution in [0.15, 0.2) is 47.2 Å². The maximum atomic E-state index is 10.7. The van der Waals surface area contributed by atoms with Crippen LogP contribution in [0, 0.1) is 0 Å². The standard InChI is InChI=1S/C15H14BrNO/c16-14-5-11(9-17-10-14)6-15(18)7-12-3-1-2-4-13(12)8-15/h1-5,9-10,18H,6-8H2. The van der Waals surface area contributed by atoms with Crippen LogP contribution in [0.4, 0.5) is 0 Å². The fourth-order valence-corrected chi connectivity index (χ4v) is 3.14. The minimum atomic E-state index is -0.661. The molecule has 0 saturated heterocycles. The van der Waals surface area contributed by atoms with Gasteiger partial charge >= 0.3 is 0 Å². The van der Waals surface area contributed by atoms with Crippen LogP contribution in [0.25, 0.3) is 0 Å². The summed E-state index contributed by atoms with van der Waals surface area (Å²) in [6.45, 7) is 0. The number of nitrogens with zero attached hydrogens (tertiary/aromatic N) is 1. The van der Waals surface area contributed by atoms with Gasteiger partial charge in [0.2, 0.25) is 0 Å². The molecule has 0 amide bonds. The number of fused-ring (bicyclic) bond motifs is 1. The van der Waals surface area contributed by atoms with Crippen molar-refractivity contribution >= 4 is 15.9 Å². The number of aliphatic hydroxyl groups is 1. The van der Waals surface area contributed by atoms with E-state index in [0.717, 1.165) is 22.9 Å². The monoisotopic (exact) mass is 303 g/mol. The average Bonchev–Trinajstić information content (AvgIpc) is 2.64. The van der Waals surface area contributed by atoms with E-state index in [4.69, 9.17) is 0 Å². The molecule has 0 fully saturated rings. The summed E-state index contributed by atoms with van der Waals surface area (Å²) in [5.41, 5.74) is 2.94. The van der Waals surface area contributed by atoms with Crippen LogP contribution in [-0.4, -0.2) is 15.7 Å². The highest BCUT2D eigenvalue weighted by molar-refractivity contribution is 9.10. The van der Waals surface area contributed by atoms with E-state index in [1.165, 1.54) is 11.1 Å². The van der Waals surface area contributed by atoms with Crippen molar-refractivity contribution in [2.24, 2.45) is 0 Å². The van der Waals surface area contributed by atoms with E-state index in [1.807, 2.05) is 24.4 Å². The molecule has 0 aliphatic heterocycles. The fourth-order valence-electron chi connectivity index (χ4n) is 2.73. The van der Waals surface area contributed by atoms with Gasteiger partial charge in [0, 0.05) is 36.1 Å². The van der Waals surface area contributed by atoms with Gasteiger partial charge in [-0.3, -0.25) is 4.98 Å². The molecule has 0 saturated carbocycles. The third kappa shape index (κ3) is 2.33. The molecule has 3 rings (SSSR count). The molecule has 3 heteroatoms. The Labute approximate surface area is 115 Å². The molecule has 1 aromatic carbocycles. The summed E-state index contributed by atoms with van der Waals surface area (Å²) in [5.74, 6) is 0. The summed E-state index contributed by atoms with van der Waals surface area (Å²) in [6, 6.07) is 10.3. The van der Waals surface area contributed by atoms with E-state index < -0.39 is 5.60 Å². The number of benzene rings is 1. The van der Waals surface area contributed by atoms with Gasteiger partial charge in [-0.1, -0.05) is 24.3 Å². The molecule has 18 heavy (non-hydrogen) atoms. The van der Waals surface area contributed by atoms with Gasteiger partial charge in [0.05, 0.1) is 5.60 Å². The van der Waals surface area contributed by atoms with Gasteiger partial charge < -0.3 is 5.11 Å². The van der Waals surface area contributed by atoms with Crippen molar-refractivity contribution in [2.75, 3.05) is 0 Å². The van der Waals surface area contributed by atoms with Crippen molar-refractivity contribution in [3.05, 3.63) is 63.9 Å². The van der Waals surface area contributed by atoms with Crippen molar-refractivity contribution in [3.8, 4) is 0 Å². The highest BCUT2D eigenvalue weighted by atomic mass is 79.9. The lowest BCUT2D eigenvalue weighted by Crippen LogP contribution is -2.32. The Kier molecular flexibility index (Phi) is 2.96. The van der Waals surface area contributed by atoms with E-state index in [1.54, 1.807) is 6.20 Å². The lowest BCUT2D eigenvalue weighted by Gasteiger charge is -2.22. The third-order valence-electron chi connectivity index (χ3n) is 3.45. The van der Waals surface area contributed by atoms with Crippen molar-refractivity contribution in [1.29, 1.82) is 0 Å². The van der Waals surface area contributed by atoms with Crippen LogP contribution in [0.2, 0.25) is 0 Å². The van der Waals surface area contributed by atoms with E-state index in [-0.39, 0.29) is 0 Å². The maximum absolute atomic E-state index is 10.7. The average molecular weight is 304 g/mol. The second-order valence-electron chi connectivity index (χ2n) is 5.03. The number of hydrogen-bond acceptors (Lipinski definition) is 2. The summed E-state index contributed by atoms with van der Waals surface area (Å²) in [7, 11) is 0. The maximum Gasteiger partial charge on any atom is 0.0768 e. The van der Waals surface area contributed by atoms with Crippen molar-refractivity contribution in [3.63, 3.8) is 0 Å². The fraction of sp³-hybridized carbons (Fsp3) is 0.267. The first-order chi connectivity index (χ1) is 8.65. The summed E-state index contributed by atoms with van der Waals surface area (Å²) >= 11 is 3.41. The van der Waals surface area contributed by atoms with Gasteiger partial charge in [-0.25, -0.2) is 0 Å². The molecule has 0 radical (unpaired) electrons. The van der Waals surface area contributed by atoms with Gasteiger partial charge in [-0.05, 0) is 38.7 Å². The Balaban J connectivity index is 1.83. The molecule has 2 nitrogen and oxygen atoms in total. The van der Waals surface area contributed by atoms with Gasteiger partial charge in [0.15, 0.2) is 0 Å². The normalized spacial score (nSPS) is 16.6. The lowest BCUT2D eigenvalue weighted by molar-refractivity contribution is 0.0517. The molecule has 2 aromatic rings. The highest BCUT2D eigenvalue weighted by Gasteiger charge is 2.34. The van der Waals surface area contributed by atoms with Crippen molar-refractivity contribution < 1.29 is 5.11 Å². The Bertz CT molecular complexity index is 557. The molecular formula is C15H14BrNO. The SMILES string of the molecule is OC1(Cc2cncc(Br)c2)Cc2ccccc2C1. The zero-order chi connectivity index (χ0) is 12.6. The second kappa shape index (κ2) is 4.48. The number of pyridine rings is 1. The molecular weight excluding hydrogens is 290 g/mol. The van der Waals surface area contributed by atoms with Crippen molar-refractivity contribution in [1.82, 2.24) is 4.98 Å². The molecule has 0 atom stereocenters. The van der Waals surface area contributed by atoms with Crippen LogP contribution in [0.5, 0.6) is 0 Å². The molecule has 1 aliphatic carbocycles. The zero-order valence-electron chi connectivity index (χ0n) is 9.94. The van der Waals surface area contributed by atoms with Crippen LogP contribution in [-0.2, 0) is 19.3 Å². The summed E-state index contributed by atoms with van der Waals surface area (Å²) < 4.78 is 0.958. The second-order valence-corrected chi connectivity index (χ2v) is 5.95. The van der Waals surface area contributed by atoms with Crippen LogP contribution < -0.4 is 0 Å². The van der Waals surface area contributed by atoms with Crippen LogP contribution >= 0.6 is 15.9 Å². The molecule has 0 spiro atoms. The highest BCUT2D eigenvalue weighted by Crippen LogP contribution is 2.32. The van der Waals surface area contributed by atoms with Crippen LogP contribution in [0.1, 0.15) is 16.7 Å². The molecule has 1 heterocycles. The first-order valence-electron chi connectivity index (χ1n) is 6.03. The van der Waals surface area contributed by atoms with Gasteiger partial charge in [0.25, 0.3) is 0 Å². The minimum absolute atomic E-state index is 0.647. The first-order valence-corrected chi connectivity index (χ1v) is 6.83. The van der Waals surface area contributed by atoms with E-state index in [2.05, 4.69) is 33.0 Å². The molecule has 92 valence electrons. The number of aromatic nitrogens is 1. The molecule has 0 unspecified atom stereocenters. The van der Waals surface area contributed by atoms with E-state index in [9.17, 15) is 5.11 Å². The van der Waals surface area contributed by atoms with Gasteiger partial charge in [0.1, 0.15) is 0 Å². The number of hydrogen-bond donors (Lipinski definition) is 1. The smallest absolute Gasteiger partial charge is 0.0768 e. The Morgan fingerprint density at radius 2 is 1.83 bits per heavy atom. The molecule has 1 N–H and O–H groups in total. The molecule has 0 bridgehead atoms. The Hall–Kier alpha value is -1.19. The minimum Gasteiger partial charge on any atom is -0.389 e. The van der Waals surface area contributed by atoms with E-state index in [0.29, 0.717) is 6.42 Å². The summed E-state index contributed by atoms with van der Waals surface area (Å²) in [5, 5.41) is 10.7. The quantitative estimate of drug-likeness (QED) is 0.925. The Morgan fingerprint density at radius 1 is 1.17 bits per heavy atom. The Morgan fingerprint density at radius 3 is 2.44 bits per heavy atom. The third-order valence-corrected chi connectivity index (χ3v) is 3.89. The van der Waals surface area contributed by atoms with Crippen LogP contribution in [0.3, 0.4) is 0 Å². The zero-order valence-corrected chi connectivity index (χ0v) is 11.5. The van der Waals surface area contributed by atoms with Gasteiger partial charge in [-0.15, -0.1) is 0 Å². The summed E-state index contributed by atoms with van der Waals surface area (Å²) in [4.78, 5) is 4.15. The first kappa shape index (κ1) is 11.9. The largest absolute Gasteiger partial charge is 0.389 e. The van der Waals surface area contributed by atoms with E-state index >= 15 is 0 Å². The topological polar surface area (TPSA) is 33.1 Å². The predicted molar refractivity (Wildman–Crippen MR) is 74.4 cm³/mol. The number of halogens is 1. The van der Waals surface area contributed by atoms with Gasteiger partial charge in [-0.2, -0.15) is 0 Å². The van der Waals surface area contributed by atoms with Crippen molar-refractivity contribution in [2.45, 2.75) is 24.9 Å². The molecule has 1 aromatic heterocycles. The summed E-state index contributed by atoms with van der Waals surface area (Å²) in [6.07, 6.45) is 5.70.